The van der Waals surface area contributed by atoms with E-state index in [0.717, 1.165) is 38.9 Å². The predicted molar refractivity (Wildman–Crippen MR) is 77.6 cm³/mol. The van der Waals surface area contributed by atoms with Crippen molar-refractivity contribution < 1.29 is 14.3 Å². The Hall–Kier alpha value is -0.910. The Morgan fingerprint density at radius 3 is 2.90 bits per heavy atom. The molecule has 114 valence electrons. The van der Waals surface area contributed by atoms with E-state index in [1.807, 2.05) is 4.90 Å². The zero-order valence-corrected chi connectivity index (χ0v) is 12.4. The number of nitrogens with zero attached hydrogens (tertiary/aromatic N) is 1. The highest BCUT2D eigenvalue weighted by Gasteiger charge is 2.18. The minimum absolute atomic E-state index is 0.201. The summed E-state index contributed by atoms with van der Waals surface area (Å²) in [6.07, 6.45) is 5.98. The molecule has 20 heavy (non-hydrogen) atoms. The molecule has 2 rings (SSSR count). The first-order valence-electron chi connectivity index (χ1n) is 7.56. The monoisotopic (exact) mass is 282 g/mol. The van der Waals surface area contributed by atoms with Crippen LogP contribution in [-0.2, 0) is 14.3 Å². The summed E-state index contributed by atoms with van der Waals surface area (Å²) in [5.74, 6) is 0.201. The minimum atomic E-state index is 0.201. The van der Waals surface area contributed by atoms with Gasteiger partial charge in [-0.3, -0.25) is 4.79 Å². The smallest absolute Gasteiger partial charge is 0.225 e. The number of carbonyl (C=O) groups excluding carboxylic acids is 1. The summed E-state index contributed by atoms with van der Waals surface area (Å²) >= 11 is 0. The largest absolute Gasteiger partial charge is 0.380 e. The second-order valence-electron chi connectivity index (χ2n) is 5.46. The number of rotatable bonds is 6. The highest BCUT2D eigenvalue weighted by molar-refractivity contribution is 5.76. The van der Waals surface area contributed by atoms with Crippen molar-refractivity contribution in [2.45, 2.75) is 31.8 Å². The molecule has 5 heteroatoms. The molecule has 1 saturated heterocycles. The van der Waals surface area contributed by atoms with Crippen molar-refractivity contribution in [2.75, 3.05) is 46.5 Å². The van der Waals surface area contributed by atoms with Crippen LogP contribution in [0, 0.1) is 0 Å². The topological polar surface area (TPSA) is 50.8 Å². The van der Waals surface area contributed by atoms with Gasteiger partial charge in [0, 0.05) is 20.2 Å². The van der Waals surface area contributed by atoms with Crippen LogP contribution in [0.3, 0.4) is 0 Å². The molecule has 0 radical (unpaired) electrons. The van der Waals surface area contributed by atoms with Crippen molar-refractivity contribution in [2.24, 2.45) is 0 Å². The van der Waals surface area contributed by atoms with Crippen molar-refractivity contribution in [1.82, 2.24) is 10.2 Å². The molecule has 0 atom stereocenters. The van der Waals surface area contributed by atoms with Crippen molar-refractivity contribution in [3.63, 3.8) is 0 Å². The maximum atomic E-state index is 12.1. The Bertz CT molecular complexity index is 338. The van der Waals surface area contributed by atoms with Crippen LogP contribution in [0.15, 0.2) is 11.6 Å². The molecule has 2 heterocycles. The molecule has 2 aliphatic rings. The molecule has 0 unspecified atom stereocenters. The minimum Gasteiger partial charge on any atom is -0.380 e. The van der Waals surface area contributed by atoms with E-state index >= 15 is 0 Å². The highest BCUT2D eigenvalue weighted by atomic mass is 16.5. The first-order valence-corrected chi connectivity index (χ1v) is 7.56. The van der Waals surface area contributed by atoms with Crippen molar-refractivity contribution in [3.05, 3.63) is 11.6 Å². The molecule has 0 bridgehead atoms. The van der Waals surface area contributed by atoms with Gasteiger partial charge in [0.1, 0.15) is 0 Å². The molecule has 1 N–H and O–H groups in total. The molecule has 0 saturated carbocycles. The van der Waals surface area contributed by atoms with Crippen molar-refractivity contribution in [3.8, 4) is 0 Å². The molecule has 0 aromatic heterocycles. The molecule has 0 aromatic carbocycles. The van der Waals surface area contributed by atoms with Crippen LogP contribution < -0.4 is 5.32 Å². The summed E-state index contributed by atoms with van der Waals surface area (Å²) in [6, 6.07) is 0. The first-order chi connectivity index (χ1) is 9.79. The van der Waals surface area contributed by atoms with Gasteiger partial charge in [-0.25, -0.2) is 0 Å². The average molecular weight is 282 g/mol. The van der Waals surface area contributed by atoms with Crippen LogP contribution in [0.4, 0.5) is 0 Å². The Morgan fingerprint density at radius 1 is 1.45 bits per heavy atom. The summed E-state index contributed by atoms with van der Waals surface area (Å²) in [4.78, 5) is 14.0. The van der Waals surface area contributed by atoms with Gasteiger partial charge in [0.05, 0.1) is 25.7 Å². The van der Waals surface area contributed by atoms with E-state index in [1.165, 1.54) is 5.57 Å². The number of nitrogens with one attached hydrogen (secondary N) is 1. The number of amides is 1. The SMILES string of the molecule is COCC1=CCN(C(=O)CCOC2CCNCC2)CC1. The summed E-state index contributed by atoms with van der Waals surface area (Å²) in [5, 5.41) is 3.31. The molecule has 0 aromatic rings. The molecule has 5 nitrogen and oxygen atoms in total. The molecule has 0 spiro atoms. The van der Waals surface area contributed by atoms with E-state index in [4.69, 9.17) is 9.47 Å². The molecular formula is C15H26N2O3. The van der Waals surface area contributed by atoms with Crippen LogP contribution in [0.1, 0.15) is 25.7 Å². The van der Waals surface area contributed by atoms with Gasteiger partial charge in [0.2, 0.25) is 5.91 Å². The van der Waals surface area contributed by atoms with Crippen LogP contribution in [0.25, 0.3) is 0 Å². The Balaban J connectivity index is 1.62. The lowest BCUT2D eigenvalue weighted by Gasteiger charge is -2.27. The van der Waals surface area contributed by atoms with E-state index in [9.17, 15) is 4.79 Å². The summed E-state index contributed by atoms with van der Waals surface area (Å²) in [6.45, 7) is 4.80. The highest BCUT2D eigenvalue weighted by Crippen LogP contribution is 2.13. The molecule has 0 aliphatic carbocycles. The van der Waals surface area contributed by atoms with Crippen LogP contribution >= 0.6 is 0 Å². The number of methoxy groups -OCH3 is 1. The average Bonchev–Trinajstić information content (AvgIpc) is 2.49. The maximum absolute atomic E-state index is 12.1. The van der Waals surface area contributed by atoms with E-state index < -0.39 is 0 Å². The van der Waals surface area contributed by atoms with E-state index in [0.29, 0.717) is 32.3 Å². The van der Waals surface area contributed by atoms with Gasteiger partial charge < -0.3 is 19.7 Å². The Labute approximate surface area is 121 Å². The van der Waals surface area contributed by atoms with E-state index in [1.54, 1.807) is 7.11 Å². The fraction of sp³-hybridized carbons (Fsp3) is 0.800. The summed E-state index contributed by atoms with van der Waals surface area (Å²) < 4.78 is 10.9. The van der Waals surface area contributed by atoms with Crippen molar-refractivity contribution in [1.29, 1.82) is 0 Å². The lowest BCUT2D eigenvalue weighted by atomic mass is 10.1. The Kier molecular flexibility index (Phi) is 6.50. The second-order valence-corrected chi connectivity index (χ2v) is 5.46. The molecule has 1 amide bonds. The van der Waals surface area contributed by atoms with Gasteiger partial charge in [0.15, 0.2) is 0 Å². The van der Waals surface area contributed by atoms with Crippen LogP contribution in [0.2, 0.25) is 0 Å². The van der Waals surface area contributed by atoms with Gasteiger partial charge >= 0.3 is 0 Å². The molecule has 1 fully saturated rings. The van der Waals surface area contributed by atoms with Crippen LogP contribution in [0.5, 0.6) is 0 Å². The quantitative estimate of drug-likeness (QED) is 0.737. The number of carbonyl (C=O) groups is 1. The number of hydrogen-bond donors (Lipinski definition) is 1. The van der Waals surface area contributed by atoms with E-state index in [-0.39, 0.29) is 5.91 Å². The lowest BCUT2D eigenvalue weighted by Crippen LogP contribution is -2.37. The zero-order valence-electron chi connectivity index (χ0n) is 12.4. The standard InChI is InChI=1S/C15H26N2O3/c1-19-12-13-4-9-17(10-5-13)15(18)6-11-20-14-2-7-16-8-3-14/h4,14,16H,2-3,5-12H2,1H3. The van der Waals surface area contributed by atoms with Gasteiger partial charge in [-0.2, -0.15) is 0 Å². The van der Waals surface area contributed by atoms with E-state index in [2.05, 4.69) is 11.4 Å². The predicted octanol–water partition coefficient (Wildman–Crippen LogP) is 0.950. The van der Waals surface area contributed by atoms with Gasteiger partial charge in [-0.15, -0.1) is 0 Å². The lowest BCUT2D eigenvalue weighted by molar-refractivity contribution is -0.132. The number of piperidine rings is 1. The zero-order chi connectivity index (χ0) is 14.2. The number of hydrogen-bond acceptors (Lipinski definition) is 4. The third-order valence-electron chi connectivity index (χ3n) is 3.94. The normalized spacial score (nSPS) is 20.9. The molecule has 2 aliphatic heterocycles. The Morgan fingerprint density at radius 2 is 2.25 bits per heavy atom. The molecular weight excluding hydrogens is 256 g/mol. The third kappa shape index (κ3) is 4.89. The maximum Gasteiger partial charge on any atom is 0.225 e. The third-order valence-corrected chi connectivity index (χ3v) is 3.94. The summed E-state index contributed by atoms with van der Waals surface area (Å²) in [7, 11) is 1.70. The van der Waals surface area contributed by atoms with Crippen LogP contribution in [-0.4, -0.2) is 63.4 Å². The van der Waals surface area contributed by atoms with Crippen molar-refractivity contribution >= 4 is 5.91 Å². The number of ether oxygens (including phenoxy) is 2. The first kappa shape index (κ1) is 15.5. The van der Waals surface area contributed by atoms with Gasteiger partial charge in [0.25, 0.3) is 0 Å². The fourth-order valence-electron chi connectivity index (χ4n) is 2.69. The second kappa shape index (κ2) is 8.39. The summed E-state index contributed by atoms with van der Waals surface area (Å²) in [5.41, 5.74) is 1.29. The fourth-order valence-corrected chi connectivity index (χ4v) is 2.69. The van der Waals surface area contributed by atoms with Gasteiger partial charge in [-0.05, 0) is 37.9 Å². The van der Waals surface area contributed by atoms with Gasteiger partial charge in [-0.1, -0.05) is 6.08 Å².